The average molecular weight is 512 g/mol. The lowest BCUT2D eigenvalue weighted by molar-refractivity contribution is -0.385. The molecule has 0 aliphatic heterocycles. The van der Waals surface area contributed by atoms with Gasteiger partial charge in [0.15, 0.2) is 6.61 Å². The van der Waals surface area contributed by atoms with E-state index in [1.165, 1.54) is 30.2 Å². The Labute approximate surface area is 208 Å². The fourth-order valence-electron chi connectivity index (χ4n) is 3.01. The summed E-state index contributed by atoms with van der Waals surface area (Å²) in [5, 5.41) is 14.8. The van der Waals surface area contributed by atoms with Gasteiger partial charge in [0.1, 0.15) is 11.8 Å². The fraction of sp³-hybridized carbons (Fsp3) is 0.391. The van der Waals surface area contributed by atoms with Crippen LogP contribution in [0.25, 0.3) is 0 Å². The Morgan fingerprint density at radius 1 is 1.18 bits per heavy atom. The van der Waals surface area contributed by atoms with Crippen LogP contribution in [0.4, 0.5) is 5.69 Å². The van der Waals surface area contributed by atoms with Crippen LogP contribution in [0.2, 0.25) is 10.0 Å². The highest BCUT2D eigenvalue weighted by atomic mass is 35.5. The second kappa shape index (κ2) is 12.4. The summed E-state index contributed by atoms with van der Waals surface area (Å²) in [4.78, 5) is 37.8. The summed E-state index contributed by atoms with van der Waals surface area (Å²) in [6.07, 6.45) is 0.737. The molecule has 1 N–H and O–H groups in total. The van der Waals surface area contributed by atoms with E-state index in [-0.39, 0.29) is 35.7 Å². The first-order valence-corrected chi connectivity index (χ1v) is 11.3. The molecular weight excluding hydrogens is 485 g/mol. The second-order valence-corrected chi connectivity index (χ2v) is 8.47. The molecule has 0 heterocycles. The van der Waals surface area contributed by atoms with Crippen LogP contribution in [-0.2, 0) is 16.1 Å². The second-order valence-electron chi connectivity index (χ2n) is 7.63. The van der Waals surface area contributed by atoms with Crippen molar-refractivity contribution in [2.75, 3.05) is 13.7 Å². The molecule has 2 amide bonds. The number of nitro groups is 1. The number of ether oxygens (including phenoxy) is 2. The molecule has 2 aromatic carbocycles. The molecule has 0 radical (unpaired) electrons. The molecule has 0 aromatic heterocycles. The Bertz CT molecular complexity index is 1050. The van der Waals surface area contributed by atoms with Crippen molar-refractivity contribution in [3.63, 3.8) is 0 Å². The molecule has 0 fully saturated rings. The van der Waals surface area contributed by atoms with E-state index >= 15 is 0 Å². The van der Waals surface area contributed by atoms with Gasteiger partial charge in [0.25, 0.3) is 5.91 Å². The maximum atomic E-state index is 13.1. The smallest absolute Gasteiger partial charge is 0.311 e. The largest absolute Gasteiger partial charge is 0.490 e. The molecule has 0 saturated carbocycles. The van der Waals surface area contributed by atoms with Gasteiger partial charge in [-0.2, -0.15) is 0 Å². The maximum absolute atomic E-state index is 13.1. The van der Waals surface area contributed by atoms with E-state index < -0.39 is 23.5 Å². The number of benzene rings is 2. The lowest BCUT2D eigenvalue weighted by atomic mass is 10.1. The van der Waals surface area contributed by atoms with Gasteiger partial charge in [0.2, 0.25) is 11.7 Å². The van der Waals surface area contributed by atoms with Gasteiger partial charge in [-0.3, -0.25) is 19.7 Å². The Balaban J connectivity index is 2.24. The summed E-state index contributed by atoms with van der Waals surface area (Å²) in [7, 11) is 1.30. The summed E-state index contributed by atoms with van der Waals surface area (Å²) >= 11 is 12.3. The van der Waals surface area contributed by atoms with Crippen LogP contribution >= 0.6 is 23.2 Å². The van der Waals surface area contributed by atoms with Crippen LogP contribution in [0.15, 0.2) is 36.4 Å². The molecule has 2 atom stereocenters. The number of carbonyl (C=O) groups excluding carboxylic acids is 2. The third kappa shape index (κ3) is 7.23. The lowest BCUT2D eigenvalue weighted by Crippen LogP contribution is -2.50. The molecule has 184 valence electrons. The quantitative estimate of drug-likeness (QED) is 0.348. The Kier molecular flexibility index (Phi) is 9.95. The standard InChI is InChI=1S/C23H27Cl2N3O6/c1-5-14(2)26-23(30)15(3)27(12-16-6-7-17(24)10-19(16)25)22(29)13-34-18-8-9-20(28(31)32)21(11-18)33-4/h6-11,14-15H,5,12-13H2,1-4H3,(H,26,30)/t14-,15-/m0/s1. The number of nitrogens with one attached hydrogen (secondary N) is 1. The van der Waals surface area contributed by atoms with Gasteiger partial charge in [-0.1, -0.05) is 36.2 Å². The monoisotopic (exact) mass is 511 g/mol. The van der Waals surface area contributed by atoms with E-state index in [1.807, 2.05) is 13.8 Å². The van der Waals surface area contributed by atoms with E-state index in [1.54, 1.807) is 25.1 Å². The van der Waals surface area contributed by atoms with Crippen molar-refractivity contribution < 1.29 is 24.0 Å². The van der Waals surface area contributed by atoms with Crippen LogP contribution < -0.4 is 14.8 Å². The van der Waals surface area contributed by atoms with Crippen LogP contribution in [0.1, 0.15) is 32.8 Å². The van der Waals surface area contributed by atoms with Gasteiger partial charge >= 0.3 is 5.69 Å². The van der Waals surface area contributed by atoms with Crippen LogP contribution in [-0.4, -0.2) is 47.4 Å². The van der Waals surface area contributed by atoms with Crippen molar-refractivity contribution in [2.24, 2.45) is 0 Å². The Morgan fingerprint density at radius 2 is 1.88 bits per heavy atom. The van der Waals surface area contributed by atoms with Crippen molar-refractivity contribution in [1.29, 1.82) is 0 Å². The van der Waals surface area contributed by atoms with Gasteiger partial charge in [-0.25, -0.2) is 0 Å². The van der Waals surface area contributed by atoms with Crippen molar-refractivity contribution in [3.05, 3.63) is 62.1 Å². The SMILES string of the molecule is CC[C@H](C)NC(=O)[C@H](C)N(Cc1ccc(Cl)cc1Cl)C(=O)COc1ccc([N+](=O)[O-])c(OC)c1. The van der Waals surface area contributed by atoms with Crippen molar-refractivity contribution in [1.82, 2.24) is 10.2 Å². The van der Waals surface area contributed by atoms with E-state index in [2.05, 4.69) is 5.32 Å². The fourth-order valence-corrected chi connectivity index (χ4v) is 3.48. The summed E-state index contributed by atoms with van der Waals surface area (Å²) in [6, 6.07) is 7.94. The van der Waals surface area contributed by atoms with Gasteiger partial charge < -0.3 is 19.7 Å². The minimum absolute atomic E-state index is 0.000972. The molecule has 11 heteroatoms. The molecule has 0 aliphatic carbocycles. The molecule has 2 rings (SSSR count). The van der Waals surface area contributed by atoms with Crippen LogP contribution in [0.3, 0.4) is 0 Å². The molecule has 0 aliphatic rings. The first-order chi connectivity index (χ1) is 16.1. The van der Waals surface area contributed by atoms with Gasteiger partial charge in [-0.05, 0) is 44.0 Å². The average Bonchev–Trinajstić information content (AvgIpc) is 2.81. The zero-order chi connectivity index (χ0) is 25.4. The summed E-state index contributed by atoms with van der Waals surface area (Å²) in [6.45, 7) is 5.08. The molecule has 9 nitrogen and oxygen atoms in total. The summed E-state index contributed by atoms with van der Waals surface area (Å²) < 4.78 is 10.6. The first kappa shape index (κ1) is 27.2. The number of nitro benzene ring substituents is 1. The minimum Gasteiger partial charge on any atom is -0.490 e. The zero-order valence-electron chi connectivity index (χ0n) is 19.3. The number of halogens is 2. The van der Waals surface area contributed by atoms with E-state index in [0.29, 0.717) is 15.6 Å². The van der Waals surface area contributed by atoms with Gasteiger partial charge in [0, 0.05) is 34.8 Å². The maximum Gasteiger partial charge on any atom is 0.311 e. The molecule has 0 bridgehead atoms. The van der Waals surface area contributed by atoms with Crippen molar-refractivity contribution in [2.45, 2.75) is 45.8 Å². The van der Waals surface area contributed by atoms with E-state index in [9.17, 15) is 19.7 Å². The summed E-state index contributed by atoms with van der Waals surface area (Å²) in [5.41, 5.74) is 0.384. The number of amides is 2. The molecule has 0 spiro atoms. The number of hydrogen-bond donors (Lipinski definition) is 1. The van der Waals surface area contributed by atoms with Crippen LogP contribution in [0.5, 0.6) is 11.5 Å². The zero-order valence-corrected chi connectivity index (χ0v) is 20.9. The molecule has 34 heavy (non-hydrogen) atoms. The highest BCUT2D eigenvalue weighted by Crippen LogP contribution is 2.31. The molecule has 0 saturated heterocycles. The number of rotatable bonds is 11. The van der Waals surface area contributed by atoms with Gasteiger partial charge in [0.05, 0.1) is 12.0 Å². The number of hydrogen-bond acceptors (Lipinski definition) is 6. The summed E-state index contributed by atoms with van der Waals surface area (Å²) in [5.74, 6) is -0.585. The number of carbonyl (C=O) groups is 2. The molecular formula is C23H27Cl2N3O6. The van der Waals surface area contributed by atoms with Gasteiger partial charge in [-0.15, -0.1) is 0 Å². The first-order valence-electron chi connectivity index (χ1n) is 10.6. The number of methoxy groups -OCH3 is 1. The predicted molar refractivity (Wildman–Crippen MR) is 130 cm³/mol. The minimum atomic E-state index is -0.816. The highest BCUT2D eigenvalue weighted by molar-refractivity contribution is 6.35. The van der Waals surface area contributed by atoms with E-state index in [4.69, 9.17) is 32.7 Å². The van der Waals surface area contributed by atoms with Crippen molar-refractivity contribution in [3.8, 4) is 11.5 Å². The molecule has 2 aromatic rings. The Morgan fingerprint density at radius 3 is 2.47 bits per heavy atom. The van der Waals surface area contributed by atoms with E-state index in [0.717, 1.165) is 6.42 Å². The molecule has 0 unspecified atom stereocenters. The van der Waals surface area contributed by atoms with Crippen LogP contribution in [0, 0.1) is 10.1 Å². The topological polar surface area (TPSA) is 111 Å². The van der Waals surface area contributed by atoms with Crippen molar-refractivity contribution >= 4 is 40.7 Å². The predicted octanol–water partition coefficient (Wildman–Crippen LogP) is 4.62. The third-order valence-corrected chi connectivity index (χ3v) is 5.82. The number of nitrogens with zero attached hydrogens (tertiary/aromatic N) is 2. The lowest BCUT2D eigenvalue weighted by Gasteiger charge is -2.30. The third-order valence-electron chi connectivity index (χ3n) is 5.23. The Hall–Kier alpha value is -3.04. The highest BCUT2D eigenvalue weighted by Gasteiger charge is 2.28. The normalized spacial score (nSPS) is 12.4.